The zero-order valence-electron chi connectivity index (χ0n) is 14.8. The van der Waals surface area contributed by atoms with Crippen molar-refractivity contribution in [2.75, 3.05) is 12.8 Å². The van der Waals surface area contributed by atoms with Gasteiger partial charge in [-0.25, -0.2) is 4.79 Å². The maximum Gasteiger partial charge on any atom is 0.342 e. The van der Waals surface area contributed by atoms with Gasteiger partial charge in [0.1, 0.15) is 16.9 Å². The van der Waals surface area contributed by atoms with E-state index < -0.39 is 23.5 Å². The van der Waals surface area contributed by atoms with Crippen molar-refractivity contribution in [2.24, 2.45) is 0 Å². The molecule has 0 heterocycles. The van der Waals surface area contributed by atoms with Crippen molar-refractivity contribution in [1.82, 2.24) is 5.32 Å². The summed E-state index contributed by atoms with van der Waals surface area (Å²) < 4.78 is 10.3. The normalized spacial score (nSPS) is 16.8. The van der Waals surface area contributed by atoms with E-state index in [1.165, 1.54) is 26.2 Å². The van der Waals surface area contributed by atoms with Crippen molar-refractivity contribution in [3.63, 3.8) is 0 Å². The highest BCUT2D eigenvalue weighted by Gasteiger charge is 2.35. The lowest BCUT2D eigenvalue weighted by molar-refractivity contribution is -0.130. The minimum absolute atomic E-state index is 0.0685. The molecule has 0 aromatic heterocycles. The van der Waals surface area contributed by atoms with E-state index in [-0.39, 0.29) is 22.0 Å². The molecular formula is C18H22ClN3O4. The van der Waals surface area contributed by atoms with Crippen molar-refractivity contribution < 1.29 is 19.1 Å². The van der Waals surface area contributed by atoms with E-state index in [9.17, 15) is 14.9 Å². The highest BCUT2D eigenvalue weighted by molar-refractivity contribution is 6.33. The summed E-state index contributed by atoms with van der Waals surface area (Å²) in [6, 6.07) is 4.94. The van der Waals surface area contributed by atoms with Crippen LogP contribution in [0.4, 0.5) is 5.69 Å². The fourth-order valence-electron chi connectivity index (χ4n) is 2.93. The first kappa shape index (κ1) is 19.9. The number of hydrogen-bond acceptors (Lipinski definition) is 6. The topological polar surface area (TPSA) is 114 Å². The number of nitriles is 1. The Morgan fingerprint density at radius 1 is 1.35 bits per heavy atom. The van der Waals surface area contributed by atoms with Crippen LogP contribution in [-0.2, 0) is 9.53 Å². The SMILES string of the molecule is COc1cc(N)c(Cl)cc1C(=O)OC(C)C(=O)NC1(C#N)CCCCC1. The molecule has 1 fully saturated rings. The van der Waals surface area contributed by atoms with Gasteiger partial charge >= 0.3 is 5.97 Å². The summed E-state index contributed by atoms with van der Waals surface area (Å²) in [7, 11) is 1.38. The van der Waals surface area contributed by atoms with Gasteiger partial charge in [-0.3, -0.25) is 4.79 Å². The van der Waals surface area contributed by atoms with Gasteiger partial charge in [0.05, 0.1) is 23.9 Å². The third kappa shape index (κ3) is 4.38. The van der Waals surface area contributed by atoms with Crippen molar-refractivity contribution in [2.45, 2.75) is 50.7 Å². The molecule has 0 saturated heterocycles. The maximum absolute atomic E-state index is 12.4. The second-order valence-corrected chi connectivity index (χ2v) is 6.77. The van der Waals surface area contributed by atoms with E-state index in [0.717, 1.165) is 19.3 Å². The summed E-state index contributed by atoms with van der Waals surface area (Å²) in [5.41, 5.74) is 5.13. The fourth-order valence-corrected chi connectivity index (χ4v) is 3.10. The number of nitrogens with zero attached hydrogens (tertiary/aromatic N) is 1. The largest absolute Gasteiger partial charge is 0.496 e. The average molecular weight is 380 g/mol. The van der Waals surface area contributed by atoms with Gasteiger partial charge in [-0.2, -0.15) is 5.26 Å². The number of carbonyl (C=O) groups excluding carboxylic acids is 2. The van der Waals surface area contributed by atoms with Crippen molar-refractivity contribution in [3.05, 3.63) is 22.7 Å². The van der Waals surface area contributed by atoms with E-state index in [1.807, 2.05) is 0 Å². The van der Waals surface area contributed by atoms with Crippen LogP contribution < -0.4 is 15.8 Å². The molecule has 1 aromatic carbocycles. The first-order valence-corrected chi connectivity index (χ1v) is 8.77. The van der Waals surface area contributed by atoms with Crippen LogP contribution in [0.25, 0.3) is 0 Å². The number of ether oxygens (including phenoxy) is 2. The molecule has 7 nitrogen and oxygen atoms in total. The highest BCUT2D eigenvalue weighted by atomic mass is 35.5. The molecule has 0 bridgehead atoms. The average Bonchev–Trinajstić information content (AvgIpc) is 2.64. The molecule has 3 N–H and O–H groups in total. The van der Waals surface area contributed by atoms with Crippen molar-refractivity contribution in [3.8, 4) is 11.8 Å². The summed E-state index contributed by atoms with van der Waals surface area (Å²) in [5.74, 6) is -1.08. The first-order valence-electron chi connectivity index (χ1n) is 8.39. The molecule has 140 valence electrons. The Bertz CT molecular complexity index is 739. The standard InChI is InChI=1S/C18H22ClN3O4/c1-11(16(23)22-18(10-20)6-4-3-5-7-18)26-17(24)12-8-13(19)14(21)9-15(12)25-2/h8-9,11H,3-7,21H2,1-2H3,(H,22,23). The molecule has 1 amide bonds. The third-order valence-corrected chi connectivity index (χ3v) is 4.80. The zero-order chi connectivity index (χ0) is 19.3. The Labute approximate surface area is 157 Å². The second-order valence-electron chi connectivity index (χ2n) is 6.37. The Hall–Kier alpha value is -2.46. The predicted octanol–water partition coefficient (Wildman–Crippen LogP) is 2.82. The van der Waals surface area contributed by atoms with E-state index in [2.05, 4.69) is 11.4 Å². The molecule has 26 heavy (non-hydrogen) atoms. The van der Waals surface area contributed by atoms with Crippen LogP contribution in [0.15, 0.2) is 12.1 Å². The summed E-state index contributed by atoms with van der Waals surface area (Å²) >= 11 is 5.95. The van der Waals surface area contributed by atoms with Gasteiger partial charge in [-0.05, 0) is 25.8 Å². The Morgan fingerprint density at radius 2 is 2.00 bits per heavy atom. The van der Waals surface area contributed by atoms with Gasteiger partial charge in [0.15, 0.2) is 6.10 Å². The number of rotatable bonds is 5. The van der Waals surface area contributed by atoms with Crippen molar-refractivity contribution in [1.29, 1.82) is 5.26 Å². The van der Waals surface area contributed by atoms with E-state index >= 15 is 0 Å². The first-order chi connectivity index (χ1) is 12.3. The monoisotopic (exact) mass is 379 g/mol. The number of nitrogens with two attached hydrogens (primary N) is 1. The van der Waals surface area contributed by atoms with Gasteiger partial charge in [0.25, 0.3) is 5.91 Å². The number of halogens is 1. The van der Waals surface area contributed by atoms with Gasteiger partial charge in [0, 0.05) is 6.07 Å². The van der Waals surface area contributed by atoms with Gasteiger partial charge in [-0.15, -0.1) is 0 Å². The van der Waals surface area contributed by atoms with Gasteiger partial charge in [0.2, 0.25) is 0 Å². The quantitative estimate of drug-likeness (QED) is 0.600. The maximum atomic E-state index is 12.4. The molecule has 0 spiro atoms. The second kappa shape index (κ2) is 8.28. The van der Waals surface area contributed by atoms with Gasteiger partial charge < -0.3 is 20.5 Å². The number of carbonyl (C=O) groups is 2. The highest BCUT2D eigenvalue weighted by Crippen LogP contribution is 2.30. The number of methoxy groups -OCH3 is 1. The lowest BCUT2D eigenvalue weighted by atomic mass is 9.83. The van der Waals surface area contributed by atoms with E-state index in [1.54, 1.807) is 0 Å². The molecule has 0 aliphatic heterocycles. The minimum atomic E-state index is -1.07. The number of nitrogens with one attached hydrogen (secondary N) is 1. The number of amides is 1. The lowest BCUT2D eigenvalue weighted by Gasteiger charge is -2.32. The Balaban J connectivity index is 2.08. The molecule has 1 atom stereocenters. The van der Waals surface area contributed by atoms with E-state index in [0.29, 0.717) is 12.8 Å². The molecule has 1 aliphatic carbocycles. The molecule has 8 heteroatoms. The van der Waals surface area contributed by atoms with Crippen LogP contribution in [0.5, 0.6) is 5.75 Å². The number of esters is 1. The number of hydrogen-bond donors (Lipinski definition) is 2. The molecular weight excluding hydrogens is 358 g/mol. The number of nitrogen functional groups attached to an aromatic ring is 1. The zero-order valence-corrected chi connectivity index (χ0v) is 15.6. The molecule has 1 aliphatic rings. The lowest BCUT2D eigenvalue weighted by Crippen LogP contribution is -2.52. The molecule has 1 aromatic rings. The van der Waals surface area contributed by atoms with Crippen LogP contribution in [0.2, 0.25) is 5.02 Å². The van der Waals surface area contributed by atoms with Crippen LogP contribution >= 0.6 is 11.6 Å². The summed E-state index contributed by atoms with van der Waals surface area (Å²) in [5, 5.41) is 12.4. The summed E-state index contributed by atoms with van der Waals surface area (Å²) in [6.07, 6.45) is 2.92. The molecule has 2 rings (SSSR count). The fraction of sp³-hybridized carbons (Fsp3) is 0.500. The van der Waals surface area contributed by atoms with E-state index in [4.69, 9.17) is 26.8 Å². The number of benzene rings is 1. The minimum Gasteiger partial charge on any atom is -0.496 e. The smallest absolute Gasteiger partial charge is 0.342 e. The van der Waals surface area contributed by atoms with Crippen LogP contribution in [0.3, 0.4) is 0 Å². The third-order valence-electron chi connectivity index (χ3n) is 4.48. The van der Waals surface area contributed by atoms with Crippen molar-refractivity contribution >= 4 is 29.2 Å². The number of anilines is 1. The summed E-state index contributed by atoms with van der Waals surface area (Å²) in [6.45, 7) is 1.45. The summed E-state index contributed by atoms with van der Waals surface area (Å²) in [4.78, 5) is 24.8. The molecule has 1 saturated carbocycles. The Kier molecular flexibility index (Phi) is 6.32. The predicted molar refractivity (Wildman–Crippen MR) is 96.9 cm³/mol. The van der Waals surface area contributed by atoms with Gasteiger partial charge in [-0.1, -0.05) is 30.9 Å². The van der Waals surface area contributed by atoms with Crippen LogP contribution in [0, 0.1) is 11.3 Å². The Morgan fingerprint density at radius 3 is 2.58 bits per heavy atom. The molecule has 0 radical (unpaired) electrons. The molecule has 1 unspecified atom stereocenters. The van der Waals surface area contributed by atoms with Crippen LogP contribution in [0.1, 0.15) is 49.4 Å². The van der Waals surface area contributed by atoms with Crippen LogP contribution in [-0.4, -0.2) is 30.6 Å².